The van der Waals surface area contributed by atoms with Crippen molar-refractivity contribution in [1.82, 2.24) is 15.1 Å². The Morgan fingerprint density at radius 1 is 0.903 bits per heavy atom. The van der Waals surface area contributed by atoms with Gasteiger partial charge in [0.15, 0.2) is 0 Å². The van der Waals surface area contributed by atoms with Crippen molar-refractivity contribution in [3.05, 3.63) is 124 Å². The van der Waals surface area contributed by atoms with Crippen LogP contribution in [0.25, 0.3) is 0 Å². The third-order valence-electron chi connectivity index (χ3n) is 5.56. The lowest BCUT2D eigenvalue weighted by Gasteiger charge is -2.22. The first kappa shape index (κ1) is 20.6. The third kappa shape index (κ3) is 4.75. The zero-order valence-electron chi connectivity index (χ0n) is 18.2. The Kier molecular flexibility index (Phi) is 5.99. The third-order valence-corrected chi connectivity index (χ3v) is 5.56. The van der Waals surface area contributed by atoms with E-state index in [1.165, 1.54) is 0 Å². The molecule has 0 aliphatic carbocycles. The molecule has 4 heteroatoms. The van der Waals surface area contributed by atoms with Crippen molar-refractivity contribution in [1.29, 1.82) is 0 Å². The van der Waals surface area contributed by atoms with E-state index in [0.717, 1.165) is 33.6 Å². The molecule has 1 aromatic heterocycles. The summed E-state index contributed by atoms with van der Waals surface area (Å²) < 4.78 is 1.98. The van der Waals surface area contributed by atoms with Gasteiger partial charge in [0.25, 0.3) is 5.91 Å². The molecule has 0 aliphatic heterocycles. The fourth-order valence-corrected chi connectivity index (χ4v) is 3.88. The van der Waals surface area contributed by atoms with Crippen LogP contribution >= 0.6 is 0 Å². The maximum absolute atomic E-state index is 13.1. The van der Waals surface area contributed by atoms with Crippen LogP contribution in [0.5, 0.6) is 0 Å². The molecular formula is C27H27N3O. The summed E-state index contributed by atoms with van der Waals surface area (Å²) in [4.78, 5) is 13.1. The van der Waals surface area contributed by atoms with Crippen molar-refractivity contribution in [3.8, 4) is 0 Å². The van der Waals surface area contributed by atoms with Gasteiger partial charge >= 0.3 is 0 Å². The van der Waals surface area contributed by atoms with Gasteiger partial charge < -0.3 is 5.32 Å². The molecule has 1 heterocycles. The number of aromatic nitrogens is 2. The van der Waals surface area contributed by atoms with Gasteiger partial charge in [-0.2, -0.15) is 5.10 Å². The highest BCUT2D eigenvalue weighted by Crippen LogP contribution is 2.25. The van der Waals surface area contributed by atoms with Crippen LogP contribution in [0.3, 0.4) is 0 Å². The second-order valence-corrected chi connectivity index (χ2v) is 7.96. The zero-order chi connectivity index (χ0) is 21.8. The van der Waals surface area contributed by atoms with Crippen molar-refractivity contribution < 1.29 is 4.79 Å². The molecule has 156 valence electrons. The molecule has 0 saturated heterocycles. The van der Waals surface area contributed by atoms with Crippen molar-refractivity contribution in [2.45, 2.75) is 33.4 Å². The number of hydrogen-bond acceptors (Lipinski definition) is 2. The van der Waals surface area contributed by atoms with Gasteiger partial charge in [0.1, 0.15) is 0 Å². The first-order chi connectivity index (χ1) is 15.0. The number of nitrogens with one attached hydrogen (secondary N) is 1. The number of carbonyl (C=O) groups is 1. The Bertz CT molecular complexity index is 1180. The van der Waals surface area contributed by atoms with Crippen LogP contribution in [0.2, 0.25) is 0 Å². The highest BCUT2D eigenvalue weighted by atomic mass is 16.1. The van der Waals surface area contributed by atoms with E-state index in [2.05, 4.69) is 54.6 Å². The summed E-state index contributed by atoms with van der Waals surface area (Å²) in [6, 6.07) is 27.9. The summed E-state index contributed by atoms with van der Waals surface area (Å²) in [6.45, 7) is 6.81. The van der Waals surface area contributed by atoms with Gasteiger partial charge in [0.2, 0.25) is 0 Å². The van der Waals surface area contributed by atoms with E-state index in [4.69, 9.17) is 0 Å². The van der Waals surface area contributed by atoms with Crippen LogP contribution in [0.1, 0.15) is 50.0 Å². The molecule has 1 N–H and O–H groups in total. The topological polar surface area (TPSA) is 46.9 Å². The van der Waals surface area contributed by atoms with Crippen molar-refractivity contribution in [2.75, 3.05) is 0 Å². The molecule has 3 aromatic carbocycles. The lowest BCUT2D eigenvalue weighted by molar-refractivity contribution is 0.0943. The van der Waals surface area contributed by atoms with Crippen molar-refractivity contribution >= 4 is 5.91 Å². The first-order valence-corrected chi connectivity index (χ1v) is 10.5. The Morgan fingerprint density at radius 3 is 2.23 bits per heavy atom. The summed E-state index contributed by atoms with van der Waals surface area (Å²) in [5.74, 6) is -0.0882. The predicted molar refractivity (Wildman–Crippen MR) is 124 cm³/mol. The minimum atomic E-state index is -0.204. The monoisotopic (exact) mass is 409 g/mol. The molecule has 4 nitrogen and oxygen atoms in total. The number of amides is 1. The number of hydrogen-bond donors (Lipinski definition) is 1. The van der Waals surface area contributed by atoms with Gasteiger partial charge in [-0.3, -0.25) is 9.48 Å². The van der Waals surface area contributed by atoms with E-state index in [-0.39, 0.29) is 11.9 Å². The van der Waals surface area contributed by atoms with E-state index >= 15 is 0 Å². The van der Waals surface area contributed by atoms with E-state index in [0.29, 0.717) is 12.1 Å². The van der Waals surface area contributed by atoms with Gasteiger partial charge in [-0.25, -0.2) is 0 Å². The lowest BCUT2D eigenvalue weighted by Crippen LogP contribution is -2.29. The largest absolute Gasteiger partial charge is 0.341 e. The molecule has 0 fully saturated rings. The van der Waals surface area contributed by atoms with E-state index in [1.54, 1.807) is 0 Å². The highest BCUT2D eigenvalue weighted by Gasteiger charge is 2.19. The summed E-state index contributed by atoms with van der Waals surface area (Å²) in [5, 5.41) is 7.75. The Balaban J connectivity index is 1.55. The van der Waals surface area contributed by atoms with Crippen LogP contribution in [0, 0.1) is 20.8 Å². The summed E-state index contributed by atoms with van der Waals surface area (Å²) in [5.41, 5.74) is 7.21. The molecule has 0 bridgehead atoms. The minimum Gasteiger partial charge on any atom is -0.341 e. The molecule has 1 atom stereocenters. The molecule has 0 radical (unpaired) electrons. The SMILES string of the molecule is Cc1cc(C)n(Cc2ccc(C(=O)N[C@H](c3ccccc3)c3ccccc3C)cc2)n1. The average molecular weight is 410 g/mol. The van der Waals surface area contributed by atoms with Gasteiger partial charge in [-0.05, 0) is 61.2 Å². The van der Waals surface area contributed by atoms with Crippen molar-refractivity contribution in [3.63, 3.8) is 0 Å². The molecular weight excluding hydrogens is 382 g/mol. The van der Waals surface area contributed by atoms with Crippen molar-refractivity contribution in [2.24, 2.45) is 0 Å². The fourth-order valence-electron chi connectivity index (χ4n) is 3.88. The Labute approximate surface area is 183 Å². The molecule has 0 aliphatic rings. The second-order valence-electron chi connectivity index (χ2n) is 7.96. The summed E-state index contributed by atoms with van der Waals surface area (Å²) in [6.07, 6.45) is 0. The molecule has 4 rings (SSSR count). The minimum absolute atomic E-state index is 0.0882. The lowest BCUT2D eigenvalue weighted by atomic mass is 9.94. The van der Waals surface area contributed by atoms with E-state index in [1.807, 2.05) is 66.2 Å². The van der Waals surface area contributed by atoms with E-state index in [9.17, 15) is 4.79 Å². The first-order valence-electron chi connectivity index (χ1n) is 10.5. The zero-order valence-corrected chi connectivity index (χ0v) is 18.2. The summed E-state index contributed by atoms with van der Waals surface area (Å²) >= 11 is 0. The number of rotatable bonds is 6. The fraction of sp³-hybridized carbons (Fsp3) is 0.185. The Hall–Kier alpha value is -3.66. The Morgan fingerprint density at radius 2 is 1.58 bits per heavy atom. The molecule has 0 spiro atoms. The number of nitrogens with zero attached hydrogens (tertiary/aromatic N) is 2. The van der Waals surface area contributed by atoms with Gasteiger partial charge in [0.05, 0.1) is 18.3 Å². The maximum Gasteiger partial charge on any atom is 0.252 e. The number of aryl methyl sites for hydroxylation is 3. The normalized spacial score (nSPS) is 11.8. The smallest absolute Gasteiger partial charge is 0.252 e. The van der Waals surface area contributed by atoms with Gasteiger partial charge in [-0.1, -0.05) is 66.7 Å². The standard InChI is InChI=1S/C27H27N3O/c1-19-9-7-8-12-25(19)26(23-10-5-4-6-11-23)28-27(31)24-15-13-22(14-16-24)18-30-21(3)17-20(2)29-30/h4-17,26H,18H2,1-3H3,(H,28,31)/t26-/m1/s1. The van der Waals surface area contributed by atoms with Crippen LogP contribution in [0.4, 0.5) is 0 Å². The number of benzene rings is 3. The van der Waals surface area contributed by atoms with E-state index < -0.39 is 0 Å². The van der Waals surface area contributed by atoms with Gasteiger partial charge in [0, 0.05) is 11.3 Å². The van der Waals surface area contributed by atoms with Gasteiger partial charge in [-0.15, -0.1) is 0 Å². The second kappa shape index (κ2) is 9.00. The molecule has 31 heavy (non-hydrogen) atoms. The summed E-state index contributed by atoms with van der Waals surface area (Å²) in [7, 11) is 0. The predicted octanol–water partition coefficient (Wildman–Crippen LogP) is 5.38. The average Bonchev–Trinajstić information content (AvgIpc) is 3.10. The quantitative estimate of drug-likeness (QED) is 0.465. The molecule has 0 unspecified atom stereocenters. The number of carbonyl (C=O) groups excluding carboxylic acids is 1. The van der Waals surface area contributed by atoms with Crippen LogP contribution in [-0.4, -0.2) is 15.7 Å². The maximum atomic E-state index is 13.1. The molecule has 0 saturated carbocycles. The molecule has 1 amide bonds. The van der Waals surface area contributed by atoms with Crippen LogP contribution < -0.4 is 5.32 Å². The van der Waals surface area contributed by atoms with Crippen LogP contribution in [-0.2, 0) is 6.54 Å². The van der Waals surface area contributed by atoms with Crippen LogP contribution in [0.15, 0.2) is 84.9 Å². The molecule has 4 aromatic rings. The highest BCUT2D eigenvalue weighted by molar-refractivity contribution is 5.94.